The van der Waals surface area contributed by atoms with Gasteiger partial charge in [-0.3, -0.25) is 4.31 Å². The third-order valence-corrected chi connectivity index (χ3v) is 4.71. The van der Waals surface area contributed by atoms with Crippen molar-refractivity contribution in [1.29, 1.82) is 0 Å². The highest BCUT2D eigenvalue weighted by molar-refractivity contribution is 7.92. The van der Waals surface area contributed by atoms with Gasteiger partial charge in [-0.15, -0.1) is 0 Å². The Balaban J connectivity index is 2.46. The number of nitrogens with zero attached hydrogens (tertiary/aromatic N) is 1. The molecule has 6 heteroatoms. The van der Waals surface area contributed by atoms with Crippen LogP contribution < -0.4 is 14.8 Å². The summed E-state index contributed by atoms with van der Waals surface area (Å²) in [5, 5.41) is 0. The monoisotopic (exact) mass is 292 g/mol. The van der Waals surface area contributed by atoms with Crippen LogP contribution in [0.2, 0.25) is 0 Å². The van der Waals surface area contributed by atoms with E-state index < -0.39 is 10.0 Å². The zero-order valence-electron chi connectivity index (χ0n) is 11.3. The van der Waals surface area contributed by atoms with Crippen molar-refractivity contribution in [3.63, 3.8) is 0 Å². The molecule has 2 aromatic carbocycles. The number of sulfonamides is 1. The summed E-state index contributed by atoms with van der Waals surface area (Å²) < 4.78 is 31.3. The lowest BCUT2D eigenvalue weighted by Gasteiger charge is -2.20. The van der Waals surface area contributed by atoms with Crippen LogP contribution in [0.15, 0.2) is 53.4 Å². The molecule has 0 heterocycles. The van der Waals surface area contributed by atoms with E-state index in [1.165, 1.54) is 18.5 Å². The van der Waals surface area contributed by atoms with Gasteiger partial charge >= 0.3 is 0 Å². The lowest BCUT2D eigenvalue weighted by atomic mass is 10.2. The molecule has 2 N–H and O–H groups in total. The molecule has 0 bridgehead atoms. The number of methoxy groups -OCH3 is 1. The van der Waals surface area contributed by atoms with Gasteiger partial charge in [0.2, 0.25) is 0 Å². The molecule has 0 amide bonds. The molecule has 2 aromatic rings. The van der Waals surface area contributed by atoms with Gasteiger partial charge in [0, 0.05) is 24.9 Å². The van der Waals surface area contributed by atoms with Gasteiger partial charge in [-0.2, -0.15) is 0 Å². The second-order valence-corrected chi connectivity index (χ2v) is 6.22. The zero-order valence-corrected chi connectivity index (χ0v) is 12.1. The van der Waals surface area contributed by atoms with Gasteiger partial charge in [0.05, 0.1) is 17.7 Å². The second-order valence-electron chi connectivity index (χ2n) is 4.25. The first-order valence-electron chi connectivity index (χ1n) is 5.93. The smallest absolute Gasteiger partial charge is 0.264 e. The van der Waals surface area contributed by atoms with Crippen molar-refractivity contribution < 1.29 is 13.2 Å². The van der Waals surface area contributed by atoms with Gasteiger partial charge in [0.1, 0.15) is 5.75 Å². The van der Waals surface area contributed by atoms with Crippen LogP contribution in [0.5, 0.6) is 5.75 Å². The summed E-state index contributed by atoms with van der Waals surface area (Å²) in [6, 6.07) is 13.1. The molecule has 0 fully saturated rings. The van der Waals surface area contributed by atoms with Gasteiger partial charge in [-0.05, 0) is 18.2 Å². The Kier molecular flexibility index (Phi) is 3.85. The maximum atomic E-state index is 12.5. The lowest BCUT2D eigenvalue weighted by molar-refractivity contribution is 0.415. The average Bonchev–Trinajstić information content (AvgIpc) is 2.46. The van der Waals surface area contributed by atoms with Crippen LogP contribution in [0.3, 0.4) is 0 Å². The number of anilines is 2. The molecule has 0 aliphatic heterocycles. The Morgan fingerprint density at radius 3 is 2.35 bits per heavy atom. The van der Waals surface area contributed by atoms with Crippen molar-refractivity contribution in [2.75, 3.05) is 24.2 Å². The van der Waals surface area contributed by atoms with E-state index in [2.05, 4.69) is 0 Å². The molecule has 106 valence electrons. The predicted octanol–water partition coefficient (Wildman–Crippen LogP) is 2.10. The molecule has 2 rings (SSSR count). The number of hydrogen-bond donors (Lipinski definition) is 1. The largest absolute Gasteiger partial charge is 0.497 e. The summed E-state index contributed by atoms with van der Waals surface area (Å²) in [6.45, 7) is 0. The minimum absolute atomic E-state index is 0.226. The summed E-state index contributed by atoms with van der Waals surface area (Å²) in [5.74, 6) is 0.509. The Labute approximate surface area is 118 Å². The van der Waals surface area contributed by atoms with E-state index in [-0.39, 0.29) is 4.90 Å². The number of nitrogens with two attached hydrogens (primary N) is 1. The minimum atomic E-state index is -3.61. The van der Waals surface area contributed by atoms with E-state index >= 15 is 0 Å². The van der Waals surface area contributed by atoms with Crippen molar-refractivity contribution in [3.8, 4) is 5.75 Å². The van der Waals surface area contributed by atoms with Crippen molar-refractivity contribution >= 4 is 21.4 Å². The van der Waals surface area contributed by atoms with Gasteiger partial charge in [-0.25, -0.2) is 8.42 Å². The van der Waals surface area contributed by atoms with Crippen LogP contribution in [0, 0.1) is 0 Å². The fourth-order valence-electron chi connectivity index (χ4n) is 1.79. The van der Waals surface area contributed by atoms with Crippen molar-refractivity contribution in [3.05, 3.63) is 48.5 Å². The normalized spacial score (nSPS) is 11.1. The third-order valence-electron chi connectivity index (χ3n) is 2.91. The maximum Gasteiger partial charge on any atom is 0.264 e. The molecule has 0 aliphatic rings. The van der Waals surface area contributed by atoms with Crippen LogP contribution in [0.25, 0.3) is 0 Å². The Hall–Kier alpha value is -2.21. The maximum absolute atomic E-state index is 12.5. The molecule has 0 aromatic heterocycles. The Morgan fingerprint density at radius 1 is 1.10 bits per heavy atom. The van der Waals surface area contributed by atoms with Crippen LogP contribution in [-0.4, -0.2) is 22.6 Å². The topological polar surface area (TPSA) is 72.6 Å². The molecule has 0 saturated carbocycles. The Morgan fingerprint density at radius 2 is 1.75 bits per heavy atom. The summed E-state index contributed by atoms with van der Waals surface area (Å²) in [6.07, 6.45) is 0. The molecule has 0 spiro atoms. The number of hydrogen-bond acceptors (Lipinski definition) is 4. The average molecular weight is 292 g/mol. The predicted molar refractivity (Wildman–Crippen MR) is 79.4 cm³/mol. The van der Waals surface area contributed by atoms with Crippen LogP contribution in [0.4, 0.5) is 11.4 Å². The quantitative estimate of drug-likeness (QED) is 0.876. The number of benzene rings is 2. The molecular formula is C14H16N2O3S. The summed E-state index contributed by atoms with van der Waals surface area (Å²) in [4.78, 5) is 0.226. The number of nitrogen functional groups attached to an aromatic ring is 1. The van der Waals surface area contributed by atoms with Gasteiger partial charge in [0.15, 0.2) is 0 Å². The van der Waals surface area contributed by atoms with E-state index in [0.29, 0.717) is 17.1 Å². The number of rotatable bonds is 4. The van der Waals surface area contributed by atoms with Gasteiger partial charge in [-0.1, -0.05) is 18.2 Å². The van der Waals surface area contributed by atoms with Crippen molar-refractivity contribution in [2.24, 2.45) is 0 Å². The van der Waals surface area contributed by atoms with E-state index in [1.807, 2.05) is 0 Å². The van der Waals surface area contributed by atoms with Crippen LogP contribution in [0.1, 0.15) is 0 Å². The zero-order chi connectivity index (χ0) is 14.8. The number of ether oxygens (including phenoxy) is 1. The summed E-state index contributed by atoms with van der Waals surface area (Å²) in [7, 11) is -0.625. The van der Waals surface area contributed by atoms with E-state index in [9.17, 15) is 8.42 Å². The highest BCUT2D eigenvalue weighted by atomic mass is 32.2. The molecule has 0 aliphatic carbocycles. The SMILES string of the molecule is COc1cc(N)cc(N(C)S(=O)(=O)c2ccccc2)c1. The Bertz CT molecular complexity index is 700. The molecule has 20 heavy (non-hydrogen) atoms. The standard InChI is InChI=1S/C14H16N2O3S/c1-16(12-8-11(15)9-13(10-12)19-2)20(17,18)14-6-4-3-5-7-14/h3-10H,15H2,1-2H3. The minimum Gasteiger partial charge on any atom is -0.497 e. The van der Waals surface area contributed by atoms with E-state index in [0.717, 1.165) is 0 Å². The van der Waals surface area contributed by atoms with Crippen molar-refractivity contribution in [1.82, 2.24) is 0 Å². The molecule has 0 atom stereocenters. The van der Waals surface area contributed by atoms with Crippen LogP contribution >= 0.6 is 0 Å². The lowest BCUT2D eigenvalue weighted by Crippen LogP contribution is -2.26. The molecule has 0 saturated heterocycles. The molecule has 0 unspecified atom stereocenters. The molecular weight excluding hydrogens is 276 g/mol. The first-order valence-corrected chi connectivity index (χ1v) is 7.37. The third kappa shape index (κ3) is 2.70. The summed E-state index contributed by atoms with van der Waals surface area (Å²) in [5.41, 5.74) is 6.64. The highest BCUT2D eigenvalue weighted by Crippen LogP contribution is 2.28. The van der Waals surface area contributed by atoms with E-state index in [4.69, 9.17) is 10.5 Å². The first-order chi connectivity index (χ1) is 9.45. The molecule has 5 nitrogen and oxygen atoms in total. The fourth-order valence-corrected chi connectivity index (χ4v) is 3.00. The summed E-state index contributed by atoms with van der Waals surface area (Å²) >= 11 is 0. The van der Waals surface area contributed by atoms with Gasteiger partial charge in [0.25, 0.3) is 10.0 Å². The van der Waals surface area contributed by atoms with E-state index in [1.54, 1.807) is 48.5 Å². The molecule has 0 radical (unpaired) electrons. The van der Waals surface area contributed by atoms with Crippen LogP contribution in [-0.2, 0) is 10.0 Å². The second kappa shape index (κ2) is 5.42. The van der Waals surface area contributed by atoms with Crippen molar-refractivity contribution in [2.45, 2.75) is 4.90 Å². The highest BCUT2D eigenvalue weighted by Gasteiger charge is 2.21. The van der Waals surface area contributed by atoms with Gasteiger partial charge < -0.3 is 10.5 Å². The first kappa shape index (κ1) is 14.2. The fraction of sp³-hybridized carbons (Fsp3) is 0.143.